The Morgan fingerprint density at radius 2 is 1.53 bits per heavy atom. The van der Waals surface area contributed by atoms with Gasteiger partial charge in [0.25, 0.3) is 0 Å². The number of esters is 1. The van der Waals surface area contributed by atoms with Gasteiger partial charge in [-0.1, -0.05) is 38.5 Å². The Kier molecular flexibility index (Phi) is 11.6. The second-order valence-electron chi connectivity index (χ2n) is 9.81. The molecule has 6 nitrogen and oxygen atoms in total. The van der Waals surface area contributed by atoms with Crippen LogP contribution in [0.3, 0.4) is 0 Å². The van der Waals surface area contributed by atoms with E-state index >= 15 is 0 Å². The molecule has 0 saturated carbocycles. The Morgan fingerprint density at radius 1 is 0.867 bits per heavy atom. The average molecular weight is 657 g/mol. The summed E-state index contributed by atoms with van der Waals surface area (Å²) in [7, 11) is 0. The average Bonchev–Trinajstić information content (AvgIpc) is 3.34. The fourth-order valence-corrected chi connectivity index (χ4v) is 4.10. The third-order valence-corrected chi connectivity index (χ3v) is 6.22. The number of halogens is 9. The van der Waals surface area contributed by atoms with Crippen LogP contribution in [-0.4, -0.2) is 37.7 Å². The Labute approximate surface area is 251 Å². The second kappa shape index (κ2) is 14.6. The maximum atomic E-state index is 14.0. The molecule has 1 heterocycles. The van der Waals surface area contributed by atoms with Crippen LogP contribution in [0.1, 0.15) is 50.2 Å². The van der Waals surface area contributed by atoms with Crippen molar-refractivity contribution >= 4 is 16.9 Å². The fraction of sp³-hybridized carbons (Fsp3) is 0.433. The van der Waals surface area contributed by atoms with Crippen LogP contribution < -0.4 is 4.74 Å². The van der Waals surface area contributed by atoms with Gasteiger partial charge in [0.05, 0.1) is 31.6 Å². The number of hydrogen-bond donors (Lipinski definition) is 0. The molecule has 0 fully saturated rings. The minimum atomic E-state index is -5.44. The smallest absolute Gasteiger partial charge is 0.493 e. The summed E-state index contributed by atoms with van der Waals surface area (Å²) in [4.78, 5) is 10.8. The van der Waals surface area contributed by atoms with Crippen molar-refractivity contribution in [3.8, 4) is 17.1 Å². The first-order chi connectivity index (χ1) is 20.9. The first-order valence-corrected chi connectivity index (χ1v) is 13.6. The van der Waals surface area contributed by atoms with Crippen molar-refractivity contribution in [2.75, 3.05) is 13.2 Å². The van der Waals surface area contributed by atoms with Crippen LogP contribution in [0.2, 0.25) is 0 Å². The van der Waals surface area contributed by atoms with Gasteiger partial charge >= 0.3 is 30.7 Å². The third kappa shape index (κ3) is 11.0. The molecule has 0 atom stereocenters. The first kappa shape index (κ1) is 35.8. The number of ether oxygens (including phenoxy) is 4. The van der Waals surface area contributed by atoms with Crippen molar-refractivity contribution < 1.29 is 67.7 Å². The summed E-state index contributed by atoms with van der Waals surface area (Å²) in [6, 6.07) is 9.20. The van der Waals surface area contributed by atoms with E-state index in [-0.39, 0.29) is 22.7 Å². The predicted octanol–water partition coefficient (Wildman–Crippen LogP) is 9.51. The van der Waals surface area contributed by atoms with E-state index in [4.69, 9.17) is 9.15 Å². The molecule has 45 heavy (non-hydrogen) atoms. The number of furan rings is 1. The third-order valence-electron chi connectivity index (χ3n) is 6.22. The zero-order chi connectivity index (χ0) is 33.5. The van der Waals surface area contributed by atoms with Crippen LogP contribution in [-0.2, 0) is 31.6 Å². The summed E-state index contributed by atoms with van der Waals surface area (Å²) in [6.45, 7) is 2.96. The van der Waals surface area contributed by atoms with E-state index in [2.05, 4.69) is 20.8 Å². The van der Waals surface area contributed by atoms with Crippen molar-refractivity contribution in [2.45, 2.75) is 70.1 Å². The van der Waals surface area contributed by atoms with Crippen LogP contribution in [0.5, 0.6) is 5.75 Å². The van der Waals surface area contributed by atoms with Crippen LogP contribution in [0, 0.1) is 0 Å². The fourth-order valence-electron chi connectivity index (χ4n) is 4.10. The summed E-state index contributed by atoms with van der Waals surface area (Å²) in [5.74, 6) is -1.33. The van der Waals surface area contributed by atoms with Crippen LogP contribution in [0.15, 0.2) is 59.5 Å². The summed E-state index contributed by atoms with van der Waals surface area (Å²) in [6.07, 6.45) is -19.0. The lowest BCUT2D eigenvalue weighted by molar-refractivity contribution is -0.514. The molecular formula is C30H29F9O6. The van der Waals surface area contributed by atoms with E-state index in [0.29, 0.717) is 23.4 Å². The number of unbranched alkanes of at least 4 members (excludes halogenated alkanes) is 2. The Hall–Kier alpha value is -3.72. The molecule has 3 rings (SSSR count). The molecule has 1 aromatic heterocycles. The minimum absolute atomic E-state index is 0.0478. The second-order valence-corrected chi connectivity index (χ2v) is 9.81. The van der Waals surface area contributed by atoms with Gasteiger partial charge in [0.1, 0.15) is 17.1 Å². The molecule has 0 amide bonds. The van der Waals surface area contributed by atoms with Gasteiger partial charge in [-0.05, 0) is 42.7 Å². The van der Waals surface area contributed by atoms with Gasteiger partial charge in [-0.2, -0.15) is 30.7 Å². The van der Waals surface area contributed by atoms with Crippen LogP contribution in [0.4, 0.5) is 39.5 Å². The highest BCUT2D eigenvalue weighted by atomic mass is 19.4. The quantitative estimate of drug-likeness (QED) is 0.0474. The predicted molar refractivity (Wildman–Crippen MR) is 143 cm³/mol. The van der Waals surface area contributed by atoms with E-state index in [1.54, 1.807) is 6.07 Å². The molecule has 248 valence electrons. The highest BCUT2D eigenvalue weighted by Gasteiger charge is 2.52. The molecule has 0 N–H and O–H groups in total. The summed E-state index contributed by atoms with van der Waals surface area (Å²) < 4.78 is 145. The van der Waals surface area contributed by atoms with E-state index < -0.39 is 62.3 Å². The summed E-state index contributed by atoms with van der Waals surface area (Å²) in [5.41, 5.74) is -0.518. The van der Waals surface area contributed by atoms with E-state index in [1.807, 2.05) is 6.92 Å². The van der Waals surface area contributed by atoms with Crippen molar-refractivity contribution in [1.82, 2.24) is 0 Å². The van der Waals surface area contributed by atoms with Gasteiger partial charge in [-0.25, -0.2) is 14.3 Å². The molecule has 0 bridgehead atoms. The van der Waals surface area contributed by atoms with Crippen molar-refractivity contribution in [3.63, 3.8) is 0 Å². The maximum Gasteiger partial charge on any atom is 0.494 e. The maximum absolute atomic E-state index is 14.0. The lowest BCUT2D eigenvalue weighted by Gasteiger charge is -2.26. The molecule has 2 aromatic carbocycles. The standard InChI is InChI=1S/C30H29F9O6/c1-3-5-6-7-19-8-11-22(23(16-19)29(35,36)37)25-17-20-9-10-21(18-24(20)43-25)41-14-12-27(31,32)44-30(38,39)45-28(33,34)13-15-42-26(40)4-2/h4,8-11,16-18H,2-3,5-7,12-15H2,1H3. The summed E-state index contributed by atoms with van der Waals surface area (Å²) >= 11 is 0. The molecule has 15 heteroatoms. The molecule has 0 aliphatic heterocycles. The first-order valence-electron chi connectivity index (χ1n) is 13.6. The monoisotopic (exact) mass is 656 g/mol. The molecule has 0 spiro atoms. The van der Waals surface area contributed by atoms with Crippen molar-refractivity contribution in [2.24, 2.45) is 0 Å². The molecule has 0 radical (unpaired) electrons. The van der Waals surface area contributed by atoms with Crippen molar-refractivity contribution in [1.29, 1.82) is 0 Å². The number of carbonyl (C=O) groups is 1. The zero-order valence-corrected chi connectivity index (χ0v) is 23.8. The number of hydrogen-bond acceptors (Lipinski definition) is 6. The van der Waals surface area contributed by atoms with Crippen LogP contribution in [0.25, 0.3) is 22.3 Å². The highest BCUT2D eigenvalue weighted by molar-refractivity contribution is 5.84. The minimum Gasteiger partial charge on any atom is -0.493 e. The highest BCUT2D eigenvalue weighted by Crippen LogP contribution is 2.40. The Bertz CT molecular complexity index is 1450. The number of carbonyl (C=O) groups excluding carboxylic acids is 1. The van der Waals surface area contributed by atoms with Gasteiger partial charge < -0.3 is 13.9 Å². The molecule has 3 aromatic rings. The Morgan fingerprint density at radius 3 is 2.16 bits per heavy atom. The number of fused-ring (bicyclic) bond motifs is 1. The van der Waals surface area contributed by atoms with Gasteiger partial charge in [0.2, 0.25) is 0 Å². The van der Waals surface area contributed by atoms with Crippen LogP contribution >= 0.6 is 0 Å². The molecule has 0 aliphatic rings. The molecule has 0 aliphatic carbocycles. The molecular weight excluding hydrogens is 627 g/mol. The van der Waals surface area contributed by atoms with Gasteiger partial charge in [-0.3, -0.25) is 0 Å². The number of rotatable bonds is 17. The normalized spacial score (nSPS) is 12.8. The van der Waals surface area contributed by atoms with E-state index in [9.17, 15) is 44.3 Å². The Balaban J connectivity index is 1.63. The largest absolute Gasteiger partial charge is 0.494 e. The SMILES string of the molecule is C=CC(=O)OCCC(F)(F)OC(F)(F)OC(F)(F)CCOc1ccc2cc(-c3ccc(CCCCC)cc3C(F)(F)F)oc2c1. The number of benzene rings is 2. The number of alkyl halides is 9. The number of aryl methyl sites for hydroxylation is 1. The summed E-state index contributed by atoms with van der Waals surface area (Å²) in [5, 5.41) is 0.364. The lowest BCUT2D eigenvalue weighted by atomic mass is 9.98. The van der Waals surface area contributed by atoms with Gasteiger partial charge in [-0.15, -0.1) is 8.78 Å². The van der Waals surface area contributed by atoms with E-state index in [1.165, 1.54) is 30.3 Å². The van der Waals surface area contributed by atoms with Gasteiger partial charge in [0.15, 0.2) is 0 Å². The van der Waals surface area contributed by atoms with E-state index in [0.717, 1.165) is 25.3 Å². The molecule has 0 unspecified atom stereocenters. The topological polar surface area (TPSA) is 67.1 Å². The van der Waals surface area contributed by atoms with Gasteiger partial charge in [0, 0.05) is 23.1 Å². The lowest BCUT2D eigenvalue weighted by Crippen LogP contribution is -2.41. The van der Waals surface area contributed by atoms with Crippen molar-refractivity contribution in [3.05, 3.63) is 66.2 Å². The molecule has 0 saturated heterocycles. The zero-order valence-electron chi connectivity index (χ0n) is 23.8.